The second kappa shape index (κ2) is 6.31. The van der Waals surface area contributed by atoms with E-state index < -0.39 is 10.0 Å². The molecule has 25 heavy (non-hydrogen) atoms. The van der Waals surface area contributed by atoms with Crippen LogP contribution >= 0.6 is 0 Å². The summed E-state index contributed by atoms with van der Waals surface area (Å²) in [6.45, 7) is 5.50. The van der Waals surface area contributed by atoms with Crippen LogP contribution < -0.4 is 0 Å². The maximum Gasteiger partial charge on any atom is 0.254 e. The van der Waals surface area contributed by atoms with Gasteiger partial charge >= 0.3 is 0 Å². The van der Waals surface area contributed by atoms with Gasteiger partial charge in [-0.25, -0.2) is 12.7 Å². The van der Waals surface area contributed by atoms with Gasteiger partial charge in [-0.15, -0.1) is 0 Å². The van der Waals surface area contributed by atoms with Gasteiger partial charge in [0, 0.05) is 44.1 Å². The van der Waals surface area contributed by atoms with Gasteiger partial charge in [-0.1, -0.05) is 0 Å². The number of aromatic nitrogens is 1. The summed E-state index contributed by atoms with van der Waals surface area (Å²) in [5.74, 6) is -0.0774. The molecule has 2 aromatic rings. The van der Waals surface area contributed by atoms with Crippen molar-refractivity contribution in [2.75, 3.05) is 20.6 Å². The van der Waals surface area contributed by atoms with E-state index in [1.165, 1.54) is 31.9 Å². The van der Waals surface area contributed by atoms with Gasteiger partial charge in [-0.2, -0.15) is 0 Å². The summed E-state index contributed by atoms with van der Waals surface area (Å²) in [6, 6.07) is 10.3. The second-order valence-electron chi connectivity index (χ2n) is 6.54. The zero-order valence-electron chi connectivity index (χ0n) is 14.9. The third-order valence-electron chi connectivity index (χ3n) is 4.83. The van der Waals surface area contributed by atoms with E-state index in [2.05, 4.69) is 23.6 Å². The average Bonchev–Trinajstić information content (AvgIpc) is 2.97. The Morgan fingerprint density at radius 3 is 2.32 bits per heavy atom. The summed E-state index contributed by atoms with van der Waals surface area (Å²) in [5, 5.41) is 0. The number of fused-ring (bicyclic) bond motifs is 1. The maximum absolute atomic E-state index is 12.9. The molecule has 3 rings (SSSR count). The van der Waals surface area contributed by atoms with Crippen molar-refractivity contribution >= 4 is 15.9 Å². The number of rotatable bonds is 3. The summed E-state index contributed by atoms with van der Waals surface area (Å²) < 4.78 is 27.7. The minimum atomic E-state index is -3.49. The number of sulfonamides is 1. The summed E-state index contributed by atoms with van der Waals surface area (Å²) in [5.41, 5.74) is 2.83. The Balaban J connectivity index is 1.85. The Hall–Kier alpha value is -2.12. The fourth-order valence-electron chi connectivity index (χ4n) is 3.24. The molecule has 0 fully saturated rings. The van der Waals surface area contributed by atoms with Gasteiger partial charge in [-0.05, 0) is 50.2 Å². The van der Waals surface area contributed by atoms with Crippen LogP contribution in [0.3, 0.4) is 0 Å². The van der Waals surface area contributed by atoms with Crippen molar-refractivity contribution in [2.45, 2.75) is 31.3 Å². The summed E-state index contributed by atoms with van der Waals surface area (Å²) in [7, 11) is -0.513. The monoisotopic (exact) mass is 361 g/mol. The van der Waals surface area contributed by atoms with E-state index in [-0.39, 0.29) is 16.8 Å². The lowest BCUT2D eigenvalue weighted by Crippen LogP contribution is -2.41. The van der Waals surface area contributed by atoms with Gasteiger partial charge < -0.3 is 9.47 Å². The zero-order chi connectivity index (χ0) is 18.4. The van der Waals surface area contributed by atoms with Crippen molar-refractivity contribution in [3.63, 3.8) is 0 Å². The number of benzene rings is 1. The van der Waals surface area contributed by atoms with Crippen LogP contribution in [0.4, 0.5) is 0 Å². The normalized spacial score (nSPS) is 17.6. The first-order chi connectivity index (χ1) is 11.7. The molecular formula is C18H23N3O3S. The number of hydrogen-bond acceptors (Lipinski definition) is 3. The van der Waals surface area contributed by atoms with Crippen LogP contribution in [0.5, 0.6) is 0 Å². The van der Waals surface area contributed by atoms with Gasteiger partial charge in [0.05, 0.1) is 10.9 Å². The van der Waals surface area contributed by atoms with Crippen LogP contribution in [0.15, 0.2) is 41.3 Å². The molecule has 7 heteroatoms. The third kappa shape index (κ3) is 2.98. The number of aryl methyl sites for hydroxylation is 1. The molecular weight excluding hydrogens is 338 g/mol. The Bertz CT molecular complexity index is 898. The second-order valence-corrected chi connectivity index (χ2v) is 8.69. The smallest absolute Gasteiger partial charge is 0.254 e. The van der Waals surface area contributed by atoms with E-state index in [9.17, 15) is 13.2 Å². The fourth-order valence-corrected chi connectivity index (χ4v) is 4.15. The minimum Gasteiger partial charge on any atom is -0.345 e. The highest BCUT2D eigenvalue weighted by Crippen LogP contribution is 2.28. The van der Waals surface area contributed by atoms with Crippen molar-refractivity contribution in [2.24, 2.45) is 0 Å². The highest BCUT2D eigenvalue weighted by Gasteiger charge is 2.29. The Labute approximate surface area is 148 Å². The van der Waals surface area contributed by atoms with Crippen LogP contribution in [0, 0.1) is 6.92 Å². The first kappa shape index (κ1) is 17.7. The molecule has 1 aromatic heterocycles. The van der Waals surface area contributed by atoms with E-state index >= 15 is 0 Å². The quantitative estimate of drug-likeness (QED) is 0.842. The molecule has 0 bridgehead atoms. The molecule has 1 aliphatic heterocycles. The topological polar surface area (TPSA) is 62.6 Å². The molecule has 6 nitrogen and oxygen atoms in total. The number of carbonyl (C=O) groups excluding carboxylic acids is 1. The van der Waals surface area contributed by atoms with E-state index in [4.69, 9.17) is 0 Å². The average molecular weight is 361 g/mol. The minimum absolute atomic E-state index is 0.0138. The highest BCUT2D eigenvalue weighted by atomic mass is 32.2. The largest absolute Gasteiger partial charge is 0.345 e. The predicted octanol–water partition coefficient (Wildman–Crippen LogP) is 2.26. The number of nitrogens with zero attached hydrogens (tertiary/aromatic N) is 3. The summed E-state index contributed by atoms with van der Waals surface area (Å²) in [4.78, 5) is 14.9. The molecule has 1 aliphatic rings. The summed E-state index contributed by atoms with van der Waals surface area (Å²) >= 11 is 0. The molecule has 0 spiro atoms. The van der Waals surface area contributed by atoms with Crippen molar-refractivity contribution in [3.05, 3.63) is 53.3 Å². The SMILES string of the molecule is Cc1ccc2n1CCN(C(=O)c1ccc(S(=O)(=O)N(C)C)cc1)C2C. The van der Waals surface area contributed by atoms with Gasteiger partial charge in [0.25, 0.3) is 5.91 Å². The Morgan fingerprint density at radius 2 is 1.72 bits per heavy atom. The lowest BCUT2D eigenvalue weighted by molar-refractivity contribution is 0.0643. The van der Waals surface area contributed by atoms with Gasteiger partial charge in [-0.3, -0.25) is 4.79 Å². The first-order valence-electron chi connectivity index (χ1n) is 8.23. The first-order valence-corrected chi connectivity index (χ1v) is 9.67. The summed E-state index contributed by atoms with van der Waals surface area (Å²) in [6.07, 6.45) is 0. The van der Waals surface area contributed by atoms with Gasteiger partial charge in [0.15, 0.2) is 0 Å². The molecule has 1 amide bonds. The fraction of sp³-hybridized carbons (Fsp3) is 0.389. The molecule has 0 saturated carbocycles. The maximum atomic E-state index is 12.9. The molecule has 0 radical (unpaired) electrons. The molecule has 134 valence electrons. The van der Waals surface area contributed by atoms with E-state index in [1.54, 1.807) is 12.1 Å². The molecule has 1 aromatic carbocycles. The Kier molecular flexibility index (Phi) is 4.47. The molecule has 2 heterocycles. The van der Waals surface area contributed by atoms with Crippen molar-refractivity contribution in [1.82, 2.24) is 13.8 Å². The molecule has 1 atom stereocenters. The van der Waals surface area contributed by atoms with Gasteiger partial charge in [0.1, 0.15) is 0 Å². The van der Waals surface area contributed by atoms with Gasteiger partial charge in [0.2, 0.25) is 10.0 Å². The number of carbonyl (C=O) groups is 1. The van der Waals surface area contributed by atoms with Crippen LogP contribution in [-0.2, 0) is 16.6 Å². The predicted molar refractivity (Wildman–Crippen MR) is 95.9 cm³/mol. The molecule has 0 saturated heterocycles. The van der Waals surface area contributed by atoms with Crippen molar-refractivity contribution < 1.29 is 13.2 Å². The van der Waals surface area contributed by atoms with Crippen LogP contribution in [0.2, 0.25) is 0 Å². The molecule has 0 aliphatic carbocycles. The Morgan fingerprint density at radius 1 is 1.08 bits per heavy atom. The zero-order valence-corrected chi connectivity index (χ0v) is 15.7. The molecule has 0 N–H and O–H groups in total. The lowest BCUT2D eigenvalue weighted by Gasteiger charge is -2.35. The lowest BCUT2D eigenvalue weighted by atomic mass is 10.1. The number of hydrogen-bond donors (Lipinski definition) is 0. The van der Waals surface area contributed by atoms with Crippen LogP contribution in [0.1, 0.15) is 34.7 Å². The number of amides is 1. The molecule has 1 unspecified atom stereocenters. The van der Waals surface area contributed by atoms with Crippen molar-refractivity contribution in [3.8, 4) is 0 Å². The van der Waals surface area contributed by atoms with E-state index in [0.29, 0.717) is 12.1 Å². The highest BCUT2D eigenvalue weighted by molar-refractivity contribution is 7.89. The van der Waals surface area contributed by atoms with E-state index in [0.717, 1.165) is 16.5 Å². The van der Waals surface area contributed by atoms with Crippen LogP contribution in [-0.4, -0.2) is 48.7 Å². The van der Waals surface area contributed by atoms with Crippen molar-refractivity contribution in [1.29, 1.82) is 0 Å². The van der Waals surface area contributed by atoms with Crippen LogP contribution in [0.25, 0.3) is 0 Å². The third-order valence-corrected chi connectivity index (χ3v) is 6.66. The standard InChI is InChI=1S/C18H23N3O3S/c1-13-5-10-17-14(2)21(12-11-20(13)17)18(22)15-6-8-16(9-7-15)25(23,24)19(3)4/h5-10,14H,11-12H2,1-4H3. The van der Waals surface area contributed by atoms with E-state index in [1.807, 2.05) is 11.8 Å².